The molecule has 0 spiro atoms. The van der Waals surface area contributed by atoms with Crippen LogP contribution in [-0.4, -0.2) is 24.0 Å². The van der Waals surface area contributed by atoms with Gasteiger partial charge in [0.15, 0.2) is 11.5 Å². The van der Waals surface area contributed by atoms with E-state index >= 15 is 0 Å². The molecule has 6 nitrogen and oxygen atoms in total. The summed E-state index contributed by atoms with van der Waals surface area (Å²) in [5, 5.41) is 3.40. The van der Waals surface area contributed by atoms with E-state index in [2.05, 4.69) is 5.32 Å². The Morgan fingerprint density at radius 1 is 1.35 bits per heavy atom. The molecule has 1 amide bonds. The Labute approximate surface area is 136 Å². The van der Waals surface area contributed by atoms with Gasteiger partial charge >= 0.3 is 5.97 Å². The van der Waals surface area contributed by atoms with Crippen LogP contribution in [0, 0.1) is 0 Å². The third-order valence-electron chi connectivity index (χ3n) is 3.47. The fourth-order valence-corrected chi connectivity index (χ4v) is 2.22. The maximum Gasteiger partial charge on any atom is 0.375 e. The second-order valence-electron chi connectivity index (χ2n) is 5.45. The van der Waals surface area contributed by atoms with Crippen LogP contribution in [0.4, 0.5) is 0 Å². The molecule has 0 bridgehead atoms. The number of nitrogens with one attached hydrogen (secondary N) is 1. The van der Waals surface area contributed by atoms with Crippen LogP contribution < -0.4 is 10.7 Å². The smallest absolute Gasteiger partial charge is 0.375 e. The van der Waals surface area contributed by atoms with E-state index < -0.39 is 17.5 Å². The maximum atomic E-state index is 12.1. The van der Waals surface area contributed by atoms with Crippen LogP contribution in [0.15, 0.2) is 33.5 Å². The van der Waals surface area contributed by atoms with Crippen molar-refractivity contribution in [3.8, 4) is 0 Å². The zero-order valence-corrected chi connectivity index (χ0v) is 13.1. The van der Waals surface area contributed by atoms with Gasteiger partial charge in [0.05, 0.1) is 5.39 Å². The summed E-state index contributed by atoms with van der Waals surface area (Å²) in [6.45, 7) is 1.47. The standard InChI is InChI=1S/C16H14ClNO5/c1-8(15(20)18-10-3-4-10)22-16(21)14-7-12(19)11-6-9(17)2-5-13(11)23-14/h2,5-8,10H,3-4H2,1H3,(H,18,20)/t8-/m1/s1. The number of fused-ring (bicyclic) bond motifs is 1. The summed E-state index contributed by atoms with van der Waals surface area (Å²) in [7, 11) is 0. The van der Waals surface area contributed by atoms with E-state index in [0.29, 0.717) is 5.02 Å². The lowest BCUT2D eigenvalue weighted by Crippen LogP contribution is -2.37. The van der Waals surface area contributed by atoms with Crippen molar-refractivity contribution >= 4 is 34.4 Å². The van der Waals surface area contributed by atoms with E-state index in [9.17, 15) is 14.4 Å². The summed E-state index contributed by atoms with van der Waals surface area (Å²) in [6.07, 6.45) is 0.914. The second kappa shape index (κ2) is 6.04. The van der Waals surface area contributed by atoms with E-state index in [4.69, 9.17) is 20.8 Å². The van der Waals surface area contributed by atoms with E-state index in [0.717, 1.165) is 18.9 Å². The average molecular weight is 336 g/mol. The summed E-state index contributed by atoms with van der Waals surface area (Å²) in [6, 6.07) is 5.72. The molecule has 1 aliphatic rings. The first-order valence-electron chi connectivity index (χ1n) is 7.19. The number of benzene rings is 1. The molecule has 1 aliphatic carbocycles. The van der Waals surface area contributed by atoms with Gasteiger partial charge in [-0.15, -0.1) is 0 Å². The summed E-state index contributed by atoms with van der Waals surface area (Å²) < 4.78 is 10.4. The highest BCUT2D eigenvalue weighted by Gasteiger charge is 2.28. The van der Waals surface area contributed by atoms with Crippen LogP contribution in [0.1, 0.15) is 30.3 Å². The predicted molar refractivity (Wildman–Crippen MR) is 83.5 cm³/mol. The first-order valence-corrected chi connectivity index (χ1v) is 7.56. The highest BCUT2D eigenvalue weighted by atomic mass is 35.5. The van der Waals surface area contributed by atoms with Gasteiger partial charge in [0.2, 0.25) is 5.76 Å². The number of halogens is 1. The monoisotopic (exact) mass is 335 g/mol. The molecule has 0 saturated heterocycles. The molecule has 1 atom stereocenters. The maximum absolute atomic E-state index is 12.1. The average Bonchev–Trinajstić information content (AvgIpc) is 3.31. The van der Waals surface area contributed by atoms with Gasteiger partial charge in [0, 0.05) is 17.1 Å². The van der Waals surface area contributed by atoms with Gasteiger partial charge in [-0.05, 0) is 38.0 Å². The number of hydrogen-bond donors (Lipinski definition) is 1. The zero-order valence-electron chi connectivity index (χ0n) is 12.3. The van der Waals surface area contributed by atoms with Crippen molar-refractivity contribution in [2.45, 2.75) is 31.9 Å². The largest absolute Gasteiger partial charge is 0.449 e. The van der Waals surface area contributed by atoms with Gasteiger partial charge in [-0.3, -0.25) is 9.59 Å². The number of rotatable bonds is 4. The predicted octanol–water partition coefficient (Wildman–Crippen LogP) is 2.27. The van der Waals surface area contributed by atoms with E-state index in [-0.39, 0.29) is 28.7 Å². The molecule has 23 heavy (non-hydrogen) atoms. The highest BCUT2D eigenvalue weighted by Crippen LogP contribution is 2.20. The second-order valence-corrected chi connectivity index (χ2v) is 5.88. The van der Waals surface area contributed by atoms with Crippen molar-refractivity contribution in [1.82, 2.24) is 5.32 Å². The molecule has 1 aromatic heterocycles. The first-order chi connectivity index (χ1) is 10.9. The fourth-order valence-electron chi connectivity index (χ4n) is 2.05. The van der Waals surface area contributed by atoms with Gasteiger partial charge in [0.25, 0.3) is 5.91 Å². The molecule has 0 aliphatic heterocycles. The van der Waals surface area contributed by atoms with Crippen molar-refractivity contribution in [3.63, 3.8) is 0 Å². The van der Waals surface area contributed by atoms with E-state index in [1.165, 1.54) is 19.1 Å². The lowest BCUT2D eigenvalue weighted by molar-refractivity contribution is -0.129. The van der Waals surface area contributed by atoms with Crippen LogP contribution in [0.25, 0.3) is 11.0 Å². The minimum Gasteiger partial charge on any atom is -0.449 e. The van der Waals surface area contributed by atoms with Gasteiger partial charge in [-0.2, -0.15) is 0 Å². The van der Waals surface area contributed by atoms with Crippen LogP contribution in [0.2, 0.25) is 5.02 Å². The molecule has 7 heteroatoms. The van der Waals surface area contributed by atoms with Crippen molar-refractivity contribution in [3.05, 3.63) is 45.3 Å². The zero-order chi connectivity index (χ0) is 16.6. The number of hydrogen-bond acceptors (Lipinski definition) is 5. The first kappa shape index (κ1) is 15.6. The van der Waals surface area contributed by atoms with Gasteiger partial charge in [0.1, 0.15) is 5.58 Å². The quantitative estimate of drug-likeness (QED) is 0.866. The summed E-state index contributed by atoms with van der Waals surface area (Å²) in [5.41, 5.74) is -0.181. The van der Waals surface area contributed by atoms with Crippen LogP contribution >= 0.6 is 11.6 Å². The number of esters is 1. The Balaban J connectivity index is 1.79. The molecule has 120 valence electrons. The topological polar surface area (TPSA) is 85.6 Å². The third-order valence-corrected chi connectivity index (χ3v) is 3.70. The lowest BCUT2D eigenvalue weighted by atomic mass is 10.2. The Morgan fingerprint density at radius 3 is 2.78 bits per heavy atom. The Kier molecular flexibility index (Phi) is 4.09. The molecular formula is C16H14ClNO5. The number of amides is 1. The molecule has 1 fully saturated rings. The van der Waals surface area contributed by atoms with E-state index in [1.807, 2.05) is 0 Å². The SMILES string of the molecule is C[C@@H](OC(=O)c1cc(=O)c2cc(Cl)ccc2o1)C(=O)NC1CC1. The minimum atomic E-state index is -0.964. The molecule has 0 radical (unpaired) electrons. The number of carbonyl (C=O) groups excluding carboxylic acids is 2. The molecule has 1 saturated carbocycles. The van der Waals surface area contributed by atoms with Crippen molar-refractivity contribution in [2.24, 2.45) is 0 Å². The molecule has 0 unspecified atom stereocenters. The molecule has 1 N–H and O–H groups in total. The Bertz CT molecular complexity index is 840. The highest BCUT2D eigenvalue weighted by molar-refractivity contribution is 6.31. The summed E-state index contributed by atoms with van der Waals surface area (Å²) in [4.78, 5) is 35.9. The van der Waals surface area contributed by atoms with Crippen molar-refractivity contribution in [2.75, 3.05) is 0 Å². The van der Waals surface area contributed by atoms with Crippen LogP contribution in [0.3, 0.4) is 0 Å². The summed E-state index contributed by atoms with van der Waals surface area (Å²) >= 11 is 5.83. The van der Waals surface area contributed by atoms with Crippen LogP contribution in [-0.2, 0) is 9.53 Å². The molecular weight excluding hydrogens is 322 g/mol. The fraction of sp³-hybridized carbons (Fsp3) is 0.312. The van der Waals surface area contributed by atoms with Crippen LogP contribution in [0.5, 0.6) is 0 Å². The van der Waals surface area contributed by atoms with Crippen molar-refractivity contribution < 1.29 is 18.7 Å². The third kappa shape index (κ3) is 3.53. The minimum absolute atomic E-state index is 0.173. The van der Waals surface area contributed by atoms with Gasteiger partial charge < -0.3 is 14.5 Å². The van der Waals surface area contributed by atoms with Gasteiger partial charge in [-0.1, -0.05) is 11.6 Å². The number of carbonyl (C=O) groups is 2. The van der Waals surface area contributed by atoms with Crippen molar-refractivity contribution in [1.29, 1.82) is 0 Å². The van der Waals surface area contributed by atoms with E-state index in [1.54, 1.807) is 6.07 Å². The molecule has 3 rings (SSSR count). The van der Waals surface area contributed by atoms with Gasteiger partial charge in [-0.25, -0.2) is 4.79 Å². The Hall–Kier alpha value is -2.34. The Morgan fingerprint density at radius 2 is 2.09 bits per heavy atom. The molecule has 2 aromatic rings. The summed E-state index contributed by atoms with van der Waals surface area (Å²) in [5.74, 6) is -1.48. The molecule has 1 aromatic carbocycles. The normalized spacial score (nSPS) is 15.2. The lowest BCUT2D eigenvalue weighted by Gasteiger charge is -2.12. The molecule has 1 heterocycles. The number of ether oxygens (including phenoxy) is 1.